The van der Waals surface area contributed by atoms with Crippen LogP contribution < -0.4 is 10.1 Å². The summed E-state index contributed by atoms with van der Waals surface area (Å²) in [5, 5.41) is 11.4. The number of ether oxygens (including phenoxy) is 1. The number of hydrogen-bond donors (Lipinski definition) is 1. The summed E-state index contributed by atoms with van der Waals surface area (Å²) in [7, 11) is 0. The maximum atomic E-state index is 12.9. The van der Waals surface area contributed by atoms with Gasteiger partial charge in [-0.1, -0.05) is 0 Å². The van der Waals surface area contributed by atoms with Crippen molar-refractivity contribution in [3.05, 3.63) is 58.8 Å². The summed E-state index contributed by atoms with van der Waals surface area (Å²) in [4.78, 5) is 12.9. The van der Waals surface area contributed by atoms with Gasteiger partial charge in [0.1, 0.15) is 11.3 Å². The lowest BCUT2D eigenvalue weighted by molar-refractivity contribution is 0.0997. The zero-order chi connectivity index (χ0) is 20.5. The molecule has 0 saturated heterocycles. The van der Waals surface area contributed by atoms with Gasteiger partial charge < -0.3 is 9.15 Å². The Balaban J connectivity index is 1.62. The van der Waals surface area contributed by atoms with E-state index in [9.17, 15) is 4.79 Å². The van der Waals surface area contributed by atoms with Gasteiger partial charge in [-0.3, -0.25) is 10.1 Å². The van der Waals surface area contributed by atoms with Gasteiger partial charge in [-0.2, -0.15) is 0 Å². The van der Waals surface area contributed by atoms with Gasteiger partial charge in [0.2, 0.25) is 5.82 Å². The lowest BCUT2D eigenvalue weighted by Crippen LogP contribution is -2.13. The van der Waals surface area contributed by atoms with Gasteiger partial charge in [-0.15, -0.1) is 0 Å². The van der Waals surface area contributed by atoms with Gasteiger partial charge in [0.05, 0.1) is 6.61 Å². The number of nitrogens with one attached hydrogen (secondary N) is 1. The Morgan fingerprint density at radius 3 is 2.52 bits per heavy atom. The molecule has 2 aromatic heterocycles. The van der Waals surface area contributed by atoms with Crippen LogP contribution in [0, 0.1) is 20.8 Å². The van der Waals surface area contributed by atoms with Crippen LogP contribution in [0.25, 0.3) is 22.2 Å². The minimum absolute atomic E-state index is 0.228. The van der Waals surface area contributed by atoms with Gasteiger partial charge in [0.15, 0.2) is 11.5 Å². The van der Waals surface area contributed by atoms with Crippen molar-refractivity contribution in [1.82, 2.24) is 10.3 Å². The molecule has 4 rings (SSSR count). The third-order valence-electron chi connectivity index (χ3n) is 4.92. The topological polar surface area (TPSA) is 90.4 Å². The molecule has 0 aliphatic rings. The summed E-state index contributed by atoms with van der Waals surface area (Å²) in [5.41, 5.74) is 4.89. The van der Waals surface area contributed by atoms with Gasteiger partial charge in [-0.25, -0.2) is 4.63 Å². The second kappa shape index (κ2) is 7.43. The van der Waals surface area contributed by atoms with Gasteiger partial charge in [0.25, 0.3) is 5.91 Å². The number of rotatable bonds is 5. The smallest absolute Gasteiger partial charge is 0.292 e. The summed E-state index contributed by atoms with van der Waals surface area (Å²) >= 11 is 0. The molecule has 0 atom stereocenters. The number of amides is 1. The highest BCUT2D eigenvalue weighted by Gasteiger charge is 2.22. The van der Waals surface area contributed by atoms with Crippen LogP contribution in [0.3, 0.4) is 0 Å². The Bertz CT molecular complexity index is 1190. The standard InChI is InChI=1S/C22H21N3O4/c1-5-27-16-8-6-15(7-9-16)19-21(25-29-24-19)23-22(26)20-14(4)17-10-12(2)13(3)11-18(17)28-20/h6-11H,5H2,1-4H3,(H,23,25,26). The summed E-state index contributed by atoms with van der Waals surface area (Å²) in [6, 6.07) is 11.3. The van der Waals surface area contributed by atoms with Crippen LogP contribution in [0.1, 0.15) is 34.2 Å². The van der Waals surface area contributed by atoms with E-state index in [2.05, 4.69) is 15.6 Å². The normalized spacial score (nSPS) is 11.0. The Morgan fingerprint density at radius 1 is 1.07 bits per heavy atom. The van der Waals surface area contributed by atoms with Crippen molar-refractivity contribution in [3.63, 3.8) is 0 Å². The van der Waals surface area contributed by atoms with Gasteiger partial charge in [-0.05, 0) is 85.5 Å². The summed E-state index contributed by atoms with van der Waals surface area (Å²) in [6.45, 7) is 8.42. The van der Waals surface area contributed by atoms with E-state index < -0.39 is 5.91 Å². The Kier molecular flexibility index (Phi) is 4.80. The van der Waals surface area contributed by atoms with Crippen LogP contribution in [0.15, 0.2) is 45.4 Å². The van der Waals surface area contributed by atoms with Crippen LogP contribution in [-0.4, -0.2) is 22.8 Å². The van der Waals surface area contributed by atoms with E-state index in [0.29, 0.717) is 17.9 Å². The quantitative estimate of drug-likeness (QED) is 0.511. The number of benzene rings is 2. The number of aryl methyl sites for hydroxylation is 3. The molecular weight excluding hydrogens is 370 g/mol. The second-order valence-electron chi connectivity index (χ2n) is 6.86. The van der Waals surface area contributed by atoms with E-state index in [4.69, 9.17) is 13.8 Å². The van der Waals surface area contributed by atoms with Crippen molar-refractivity contribution in [2.75, 3.05) is 11.9 Å². The van der Waals surface area contributed by atoms with E-state index >= 15 is 0 Å². The molecule has 29 heavy (non-hydrogen) atoms. The predicted molar refractivity (Wildman–Crippen MR) is 109 cm³/mol. The predicted octanol–water partition coefficient (Wildman–Crippen LogP) is 5.06. The zero-order valence-electron chi connectivity index (χ0n) is 16.7. The third-order valence-corrected chi connectivity index (χ3v) is 4.92. The summed E-state index contributed by atoms with van der Waals surface area (Å²) in [5.74, 6) is 0.815. The number of furan rings is 1. The van der Waals surface area contributed by atoms with Crippen LogP contribution >= 0.6 is 0 Å². The van der Waals surface area contributed by atoms with Crippen molar-refractivity contribution >= 4 is 22.7 Å². The third kappa shape index (κ3) is 3.47. The largest absolute Gasteiger partial charge is 0.494 e. The highest BCUT2D eigenvalue weighted by molar-refractivity contribution is 6.07. The Morgan fingerprint density at radius 2 is 1.79 bits per heavy atom. The lowest BCUT2D eigenvalue weighted by atomic mass is 10.0. The van der Waals surface area contributed by atoms with E-state index in [1.807, 2.05) is 64.1 Å². The molecule has 1 amide bonds. The van der Waals surface area contributed by atoms with Crippen LogP contribution in [0.2, 0.25) is 0 Å². The highest BCUT2D eigenvalue weighted by atomic mass is 16.6. The monoisotopic (exact) mass is 391 g/mol. The van der Waals surface area contributed by atoms with E-state index in [0.717, 1.165) is 33.4 Å². The van der Waals surface area contributed by atoms with E-state index in [-0.39, 0.29) is 11.6 Å². The number of nitrogens with zero attached hydrogens (tertiary/aromatic N) is 2. The Hall–Kier alpha value is -3.61. The van der Waals surface area contributed by atoms with Crippen molar-refractivity contribution in [1.29, 1.82) is 0 Å². The maximum absolute atomic E-state index is 12.9. The van der Waals surface area contributed by atoms with Crippen molar-refractivity contribution in [2.24, 2.45) is 0 Å². The fourth-order valence-corrected chi connectivity index (χ4v) is 3.19. The van der Waals surface area contributed by atoms with Crippen LogP contribution in [0.4, 0.5) is 5.82 Å². The first-order valence-electron chi connectivity index (χ1n) is 9.35. The minimum Gasteiger partial charge on any atom is -0.494 e. The first-order valence-corrected chi connectivity index (χ1v) is 9.35. The number of anilines is 1. The van der Waals surface area contributed by atoms with Crippen LogP contribution in [-0.2, 0) is 0 Å². The number of carbonyl (C=O) groups is 1. The number of carbonyl (C=O) groups excluding carboxylic acids is 1. The molecule has 0 saturated carbocycles. The van der Waals surface area contributed by atoms with E-state index in [1.165, 1.54) is 0 Å². The molecule has 0 fully saturated rings. The average molecular weight is 391 g/mol. The van der Waals surface area contributed by atoms with Crippen molar-refractivity contribution in [3.8, 4) is 17.0 Å². The maximum Gasteiger partial charge on any atom is 0.292 e. The van der Waals surface area contributed by atoms with Crippen molar-refractivity contribution in [2.45, 2.75) is 27.7 Å². The SMILES string of the molecule is CCOc1ccc(-c2nonc2NC(=O)c2oc3cc(C)c(C)cc3c2C)cc1. The second-order valence-corrected chi connectivity index (χ2v) is 6.86. The molecule has 4 aromatic rings. The fourth-order valence-electron chi connectivity index (χ4n) is 3.19. The molecule has 2 heterocycles. The zero-order valence-corrected chi connectivity index (χ0v) is 16.7. The molecule has 1 N–H and O–H groups in total. The Labute approximate surface area is 167 Å². The molecule has 0 aliphatic carbocycles. The molecule has 0 aliphatic heterocycles. The minimum atomic E-state index is -0.406. The average Bonchev–Trinajstić information content (AvgIpc) is 3.28. The van der Waals surface area contributed by atoms with Crippen molar-refractivity contribution < 1.29 is 18.6 Å². The molecule has 7 nitrogen and oxygen atoms in total. The summed E-state index contributed by atoms with van der Waals surface area (Å²) < 4.78 is 16.1. The van der Waals surface area contributed by atoms with Gasteiger partial charge >= 0.3 is 0 Å². The first-order chi connectivity index (χ1) is 14.0. The van der Waals surface area contributed by atoms with E-state index in [1.54, 1.807) is 0 Å². The molecule has 0 radical (unpaired) electrons. The lowest BCUT2D eigenvalue weighted by Gasteiger charge is -2.04. The fraction of sp³-hybridized carbons (Fsp3) is 0.227. The first kappa shape index (κ1) is 18.7. The van der Waals surface area contributed by atoms with Crippen LogP contribution in [0.5, 0.6) is 5.75 Å². The highest BCUT2D eigenvalue weighted by Crippen LogP contribution is 2.30. The molecule has 148 valence electrons. The molecular formula is C22H21N3O4. The molecule has 7 heteroatoms. The molecule has 0 bridgehead atoms. The number of fused-ring (bicyclic) bond motifs is 1. The number of aromatic nitrogens is 2. The molecule has 0 spiro atoms. The molecule has 0 unspecified atom stereocenters. The summed E-state index contributed by atoms with van der Waals surface area (Å²) in [6.07, 6.45) is 0. The van der Waals surface area contributed by atoms with Gasteiger partial charge in [0, 0.05) is 16.5 Å². The molecule has 2 aromatic carbocycles. The number of hydrogen-bond acceptors (Lipinski definition) is 6.